The molecule has 3 aromatic rings. The van der Waals surface area contributed by atoms with Crippen LogP contribution in [0.15, 0.2) is 64.3 Å². The van der Waals surface area contributed by atoms with Gasteiger partial charge in [-0.25, -0.2) is 8.42 Å². The summed E-state index contributed by atoms with van der Waals surface area (Å²) in [4.78, 5) is 14.0. The molecule has 0 radical (unpaired) electrons. The number of rotatable bonds is 5. The van der Waals surface area contributed by atoms with Crippen LogP contribution in [-0.4, -0.2) is 14.2 Å². The standard InChI is InChI=1S/C19H15ClN2O3S3/c20-14-5-3-13(4-6-14)12-22-16-7-9-27-19(16)18(23)17(28(22,24)25)11-21-10-15-2-1-8-26-15/h1-9,11,21H,10,12H2. The lowest BCUT2D eigenvalue weighted by Gasteiger charge is -2.29. The Morgan fingerprint density at radius 3 is 2.57 bits per heavy atom. The number of carbonyl (C=O) groups excluding carboxylic acids is 1. The molecule has 0 atom stereocenters. The van der Waals surface area contributed by atoms with Gasteiger partial charge in [-0.2, -0.15) is 0 Å². The molecule has 4 rings (SSSR count). The minimum atomic E-state index is -3.99. The predicted molar refractivity (Wildman–Crippen MR) is 114 cm³/mol. The molecule has 0 unspecified atom stereocenters. The number of benzene rings is 1. The van der Waals surface area contributed by atoms with E-state index in [-0.39, 0.29) is 11.4 Å². The van der Waals surface area contributed by atoms with Crippen LogP contribution in [-0.2, 0) is 23.1 Å². The lowest BCUT2D eigenvalue weighted by Crippen LogP contribution is -2.38. The Hall–Kier alpha value is -2.13. The molecule has 0 saturated heterocycles. The van der Waals surface area contributed by atoms with E-state index in [0.717, 1.165) is 10.4 Å². The lowest BCUT2D eigenvalue weighted by atomic mass is 10.2. The monoisotopic (exact) mass is 450 g/mol. The number of ketones is 1. The molecule has 0 aliphatic carbocycles. The summed E-state index contributed by atoms with van der Waals surface area (Å²) < 4.78 is 27.7. The number of fused-ring (bicyclic) bond motifs is 1. The molecule has 0 saturated carbocycles. The average Bonchev–Trinajstić information content (AvgIpc) is 3.35. The Balaban J connectivity index is 1.68. The van der Waals surface area contributed by atoms with Crippen molar-refractivity contribution in [2.75, 3.05) is 4.31 Å². The first kappa shape index (κ1) is 19.2. The van der Waals surface area contributed by atoms with Gasteiger partial charge >= 0.3 is 0 Å². The number of allylic oxidation sites excluding steroid dienone is 1. The summed E-state index contributed by atoms with van der Waals surface area (Å²) in [6.07, 6.45) is 1.31. The summed E-state index contributed by atoms with van der Waals surface area (Å²) in [7, 11) is -3.99. The smallest absolute Gasteiger partial charge is 0.270 e. The molecule has 1 aromatic carbocycles. The Morgan fingerprint density at radius 2 is 1.86 bits per heavy atom. The van der Waals surface area contributed by atoms with Crippen LogP contribution in [0.25, 0.3) is 0 Å². The fourth-order valence-electron chi connectivity index (χ4n) is 2.87. The van der Waals surface area contributed by atoms with E-state index in [0.29, 0.717) is 22.1 Å². The molecular formula is C19H15ClN2O3S3. The van der Waals surface area contributed by atoms with E-state index in [1.807, 2.05) is 17.5 Å². The molecule has 9 heteroatoms. The van der Waals surface area contributed by atoms with Crippen LogP contribution in [0.1, 0.15) is 20.1 Å². The van der Waals surface area contributed by atoms with Crippen molar-refractivity contribution in [3.63, 3.8) is 0 Å². The normalized spacial score (nSPS) is 17.0. The van der Waals surface area contributed by atoms with Crippen molar-refractivity contribution in [1.82, 2.24) is 5.32 Å². The average molecular weight is 451 g/mol. The fourth-order valence-corrected chi connectivity index (χ4v) is 6.16. The molecular weight excluding hydrogens is 436 g/mol. The van der Waals surface area contributed by atoms with Crippen molar-refractivity contribution in [3.8, 4) is 0 Å². The first-order valence-electron chi connectivity index (χ1n) is 8.32. The molecule has 1 N–H and O–H groups in total. The highest BCUT2D eigenvalue weighted by atomic mass is 35.5. The van der Waals surface area contributed by atoms with Gasteiger partial charge in [0, 0.05) is 22.6 Å². The maximum atomic E-state index is 13.2. The van der Waals surface area contributed by atoms with E-state index in [1.54, 1.807) is 47.0 Å². The molecule has 28 heavy (non-hydrogen) atoms. The van der Waals surface area contributed by atoms with Gasteiger partial charge in [-0.1, -0.05) is 29.8 Å². The molecule has 1 aliphatic rings. The van der Waals surface area contributed by atoms with Gasteiger partial charge in [0.05, 0.1) is 12.2 Å². The zero-order chi connectivity index (χ0) is 19.7. The largest absolute Gasteiger partial charge is 0.385 e. The third-order valence-corrected chi connectivity index (χ3v) is 8.04. The maximum Gasteiger partial charge on any atom is 0.270 e. The second-order valence-electron chi connectivity index (χ2n) is 6.07. The second-order valence-corrected chi connectivity index (χ2v) is 10.3. The summed E-state index contributed by atoms with van der Waals surface area (Å²) in [6.45, 7) is 0.581. The third kappa shape index (κ3) is 3.60. The highest BCUT2D eigenvalue weighted by Crippen LogP contribution is 2.39. The van der Waals surface area contributed by atoms with E-state index in [2.05, 4.69) is 5.32 Å². The van der Waals surface area contributed by atoms with Crippen LogP contribution in [0.3, 0.4) is 0 Å². The molecule has 2 aromatic heterocycles. The van der Waals surface area contributed by atoms with Crippen LogP contribution in [0.5, 0.6) is 0 Å². The summed E-state index contributed by atoms with van der Waals surface area (Å²) in [6, 6.07) is 12.5. The molecule has 0 fully saturated rings. The van der Waals surface area contributed by atoms with Crippen LogP contribution in [0, 0.1) is 0 Å². The van der Waals surface area contributed by atoms with Gasteiger partial charge in [-0.15, -0.1) is 22.7 Å². The maximum absolute atomic E-state index is 13.2. The van der Waals surface area contributed by atoms with Gasteiger partial charge < -0.3 is 5.32 Å². The Bertz CT molecular complexity index is 1130. The molecule has 0 spiro atoms. The lowest BCUT2D eigenvalue weighted by molar-refractivity contribution is 0.104. The van der Waals surface area contributed by atoms with Gasteiger partial charge in [-0.05, 0) is 40.6 Å². The van der Waals surface area contributed by atoms with Crippen molar-refractivity contribution >= 4 is 55.8 Å². The minimum Gasteiger partial charge on any atom is -0.385 e. The Labute approximate surface area is 175 Å². The van der Waals surface area contributed by atoms with Crippen LogP contribution in [0.4, 0.5) is 5.69 Å². The highest BCUT2D eigenvalue weighted by molar-refractivity contribution is 7.97. The van der Waals surface area contributed by atoms with Gasteiger partial charge in [-0.3, -0.25) is 9.10 Å². The number of sulfonamides is 1. The van der Waals surface area contributed by atoms with Crippen molar-refractivity contribution in [3.05, 3.63) is 84.7 Å². The molecule has 5 nitrogen and oxygen atoms in total. The summed E-state index contributed by atoms with van der Waals surface area (Å²) in [5.41, 5.74) is 1.20. The van der Waals surface area contributed by atoms with E-state index in [9.17, 15) is 13.2 Å². The SMILES string of the molecule is O=C1C(=CNCc2cccs2)S(=O)(=O)N(Cc2ccc(Cl)cc2)c2ccsc21. The van der Waals surface area contributed by atoms with Crippen molar-refractivity contribution < 1.29 is 13.2 Å². The first-order chi connectivity index (χ1) is 13.5. The number of carbonyl (C=O) groups is 1. The van der Waals surface area contributed by atoms with E-state index < -0.39 is 15.8 Å². The zero-order valence-electron chi connectivity index (χ0n) is 14.5. The van der Waals surface area contributed by atoms with Gasteiger partial charge in [0.25, 0.3) is 10.0 Å². The number of thiophene rings is 2. The van der Waals surface area contributed by atoms with E-state index >= 15 is 0 Å². The van der Waals surface area contributed by atoms with Crippen LogP contribution in [0.2, 0.25) is 5.02 Å². The highest BCUT2D eigenvalue weighted by Gasteiger charge is 2.41. The number of anilines is 1. The quantitative estimate of drug-likeness (QED) is 0.575. The summed E-state index contributed by atoms with van der Waals surface area (Å²) in [5.74, 6) is -0.476. The van der Waals surface area contributed by atoms with Crippen molar-refractivity contribution in [2.45, 2.75) is 13.1 Å². The first-order valence-corrected chi connectivity index (χ1v) is 11.9. The fraction of sp³-hybridized carbons (Fsp3) is 0.105. The molecule has 1 aliphatic heterocycles. The van der Waals surface area contributed by atoms with Gasteiger partial charge in [0.1, 0.15) is 4.88 Å². The molecule has 144 valence electrons. The zero-order valence-corrected chi connectivity index (χ0v) is 17.7. The number of nitrogens with one attached hydrogen (secondary N) is 1. The summed E-state index contributed by atoms with van der Waals surface area (Å²) in [5, 5.41) is 7.22. The minimum absolute atomic E-state index is 0.124. The number of Topliss-reactive ketones (excluding diaryl/α,β-unsaturated/α-hetero) is 1. The van der Waals surface area contributed by atoms with E-state index in [1.165, 1.54) is 21.8 Å². The topological polar surface area (TPSA) is 66.5 Å². The van der Waals surface area contributed by atoms with Crippen LogP contribution >= 0.6 is 34.3 Å². The Kier molecular flexibility index (Phi) is 5.29. The number of hydrogen-bond donors (Lipinski definition) is 1. The number of nitrogens with zero attached hydrogens (tertiary/aromatic N) is 1. The molecule has 3 heterocycles. The molecule has 0 amide bonds. The van der Waals surface area contributed by atoms with Gasteiger partial charge in [0.15, 0.2) is 4.91 Å². The number of hydrogen-bond acceptors (Lipinski definition) is 6. The van der Waals surface area contributed by atoms with Gasteiger partial charge in [0.2, 0.25) is 5.78 Å². The van der Waals surface area contributed by atoms with Crippen molar-refractivity contribution in [2.24, 2.45) is 0 Å². The Morgan fingerprint density at radius 1 is 1.07 bits per heavy atom. The summed E-state index contributed by atoms with van der Waals surface area (Å²) >= 11 is 8.73. The van der Waals surface area contributed by atoms with Crippen LogP contribution < -0.4 is 9.62 Å². The van der Waals surface area contributed by atoms with E-state index in [4.69, 9.17) is 11.6 Å². The number of halogens is 1. The second kappa shape index (κ2) is 7.71. The predicted octanol–water partition coefficient (Wildman–Crippen LogP) is 4.63. The van der Waals surface area contributed by atoms with Crippen molar-refractivity contribution in [1.29, 1.82) is 0 Å². The third-order valence-electron chi connectivity index (χ3n) is 4.24. The molecule has 0 bridgehead atoms.